The predicted molar refractivity (Wildman–Crippen MR) is 149 cm³/mol. The third-order valence-corrected chi connectivity index (χ3v) is 8.67. The summed E-state index contributed by atoms with van der Waals surface area (Å²) in [5, 5.41) is 5.59. The number of amides is 1. The monoisotopic (exact) mass is 515 g/mol. The van der Waals surface area contributed by atoms with E-state index in [1.54, 1.807) is 11.3 Å². The lowest BCUT2D eigenvalue weighted by Crippen LogP contribution is -2.19. The molecule has 4 nitrogen and oxygen atoms in total. The maximum atomic E-state index is 13.6. The van der Waals surface area contributed by atoms with Crippen LogP contribution in [0.5, 0.6) is 0 Å². The van der Waals surface area contributed by atoms with E-state index in [2.05, 4.69) is 29.6 Å². The Labute approximate surface area is 220 Å². The quantitative estimate of drug-likeness (QED) is 0.266. The number of benzene rings is 2. The highest BCUT2D eigenvalue weighted by molar-refractivity contribution is 7.17. The molecule has 2 aromatic heterocycles. The van der Waals surface area contributed by atoms with Crippen LogP contribution in [-0.2, 0) is 17.6 Å². The minimum Gasteiger partial charge on any atom is -0.459 e. The number of ether oxygens (including phenoxy) is 1. The number of aryl methyl sites for hydroxylation is 1. The summed E-state index contributed by atoms with van der Waals surface area (Å²) in [7, 11) is 0. The molecule has 36 heavy (non-hydrogen) atoms. The summed E-state index contributed by atoms with van der Waals surface area (Å²) in [6, 6.07) is 20.5. The van der Waals surface area contributed by atoms with Gasteiger partial charge in [0.2, 0.25) is 0 Å². The summed E-state index contributed by atoms with van der Waals surface area (Å²) >= 11 is 3.08. The summed E-state index contributed by atoms with van der Waals surface area (Å²) in [6.45, 7) is 5.73. The summed E-state index contributed by atoms with van der Waals surface area (Å²) in [6.07, 6.45) is 2.37. The molecule has 0 aliphatic heterocycles. The van der Waals surface area contributed by atoms with Crippen LogP contribution in [0, 0.1) is 6.92 Å². The van der Waals surface area contributed by atoms with Crippen LogP contribution in [0.2, 0.25) is 0 Å². The van der Waals surface area contributed by atoms with Gasteiger partial charge in [0.15, 0.2) is 0 Å². The van der Waals surface area contributed by atoms with Crippen molar-refractivity contribution in [2.45, 2.75) is 52.1 Å². The second-order valence-corrected chi connectivity index (χ2v) is 11.6. The van der Waals surface area contributed by atoms with Crippen LogP contribution in [0.15, 0.2) is 66.0 Å². The zero-order valence-corrected chi connectivity index (χ0v) is 22.3. The second-order valence-electron chi connectivity index (χ2n) is 9.41. The number of rotatable bonds is 6. The molecule has 6 heteroatoms. The van der Waals surface area contributed by atoms with Crippen LogP contribution >= 0.6 is 22.7 Å². The first-order chi connectivity index (χ1) is 17.4. The van der Waals surface area contributed by atoms with Crippen molar-refractivity contribution in [3.63, 3.8) is 0 Å². The topological polar surface area (TPSA) is 55.4 Å². The number of thiophene rings is 2. The van der Waals surface area contributed by atoms with E-state index < -0.39 is 0 Å². The first-order valence-electron chi connectivity index (χ1n) is 12.3. The van der Waals surface area contributed by atoms with Crippen LogP contribution in [0.4, 0.5) is 5.00 Å². The summed E-state index contributed by atoms with van der Waals surface area (Å²) in [4.78, 5) is 29.0. The van der Waals surface area contributed by atoms with Crippen LogP contribution in [0.25, 0.3) is 11.1 Å². The predicted octanol–water partition coefficient (Wildman–Crippen LogP) is 7.88. The minimum atomic E-state index is -0.360. The number of hydrogen-bond donors (Lipinski definition) is 1. The van der Waals surface area contributed by atoms with Crippen molar-refractivity contribution in [2.24, 2.45) is 0 Å². The zero-order valence-electron chi connectivity index (χ0n) is 20.7. The van der Waals surface area contributed by atoms with Crippen LogP contribution < -0.4 is 5.32 Å². The molecule has 1 aliphatic rings. The molecule has 1 unspecified atom stereocenters. The van der Waals surface area contributed by atoms with E-state index in [4.69, 9.17) is 4.74 Å². The van der Waals surface area contributed by atoms with Gasteiger partial charge in [0.25, 0.3) is 5.91 Å². The van der Waals surface area contributed by atoms with Gasteiger partial charge in [-0.25, -0.2) is 4.79 Å². The third kappa shape index (κ3) is 4.88. The van der Waals surface area contributed by atoms with E-state index in [1.165, 1.54) is 16.9 Å². The normalized spacial score (nSPS) is 14.9. The lowest BCUT2D eigenvalue weighted by molar-refractivity contribution is 0.0378. The SMILES string of the molecule is Cc1scc(C(=O)Nc2sc3c(c2C(=O)OC(C)C)CCC(c2ccccc2)C3)c1-c1ccccc1. The Bertz CT molecular complexity index is 1390. The Morgan fingerprint density at radius 1 is 1.03 bits per heavy atom. The number of hydrogen-bond acceptors (Lipinski definition) is 5. The highest BCUT2D eigenvalue weighted by atomic mass is 32.1. The molecule has 184 valence electrons. The van der Waals surface area contributed by atoms with Gasteiger partial charge in [-0.05, 0) is 62.6 Å². The minimum absolute atomic E-state index is 0.199. The molecule has 0 saturated heterocycles. The average Bonchev–Trinajstić information content (AvgIpc) is 3.44. The average molecular weight is 516 g/mol. The molecule has 1 atom stereocenters. The molecule has 2 heterocycles. The Kier molecular flexibility index (Phi) is 7.08. The largest absolute Gasteiger partial charge is 0.459 e. The molecule has 1 amide bonds. The Morgan fingerprint density at radius 3 is 2.42 bits per heavy atom. The molecule has 0 saturated carbocycles. The molecule has 1 aliphatic carbocycles. The lowest BCUT2D eigenvalue weighted by Gasteiger charge is -2.23. The van der Waals surface area contributed by atoms with Crippen molar-refractivity contribution in [1.29, 1.82) is 0 Å². The number of esters is 1. The second kappa shape index (κ2) is 10.4. The molecular weight excluding hydrogens is 486 g/mol. The molecule has 0 spiro atoms. The van der Waals surface area contributed by atoms with E-state index in [0.29, 0.717) is 22.0 Å². The maximum Gasteiger partial charge on any atom is 0.341 e. The van der Waals surface area contributed by atoms with Gasteiger partial charge in [0, 0.05) is 20.7 Å². The number of nitrogens with one attached hydrogen (secondary N) is 1. The molecule has 1 N–H and O–H groups in total. The van der Waals surface area contributed by atoms with Gasteiger partial charge in [-0.15, -0.1) is 22.7 Å². The van der Waals surface area contributed by atoms with Gasteiger partial charge < -0.3 is 10.1 Å². The van der Waals surface area contributed by atoms with Crippen molar-refractivity contribution in [1.82, 2.24) is 0 Å². The van der Waals surface area contributed by atoms with Gasteiger partial charge in [0.1, 0.15) is 5.00 Å². The molecular formula is C30H29NO3S2. The number of fused-ring (bicyclic) bond motifs is 1. The van der Waals surface area contributed by atoms with Crippen LogP contribution in [-0.4, -0.2) is 18.0 Å². The fourth-order valence-corrected chi connectivity index (χ4v) is 7.10. The van der Waals surface area contributed by atoms with Gasteiger partial charge in [-0.1, -0.05) is 60.7 Å². The third-order valence-electron chi connectivity index (χ3n) is 6.59. The molecule has 4 aromatic rings. The van der Waals surface area contributed by atoms with Crippen LogP contribution in [0.3, 0.4) is 0 Å². The fourth-order valence-electron chi connectivity index (χ4n) is 4.93. The van der Waals surface area contributed by atoms with Gasteiger partial charge >= 0.3 is 5.97 Å². The van der Waals surface area contributed by atoms with Crippen molar-refractivity contribution >= 4 is 39.6 Å². The van der Waals surface area contributed by atoms with E-state index in [0.717, 1.165) is 45.7 Å². The van der Waals surface area contributed by atoms with Crippen molar-refractivity contribution in [2.75, 3.05) is 5.32 Å². The van der Waals surface area contributed by atoms with Crippen LogP contribution in [0.1, 0.15) is 67.8 Å². The summed E-state index contributed by atoms with van der Waals surface area (Å²) < 4.78 is 5.62. The Hall–Kier alpha value is -3.22. The Morgan fingerprint density at radius 2 is 1.72 bits per heavy atom. The first kappa shape index (κ1) is 24.5. The van der Waals surface area contributed by atoms with E-state index >= 15 is 0 Å². The smallest absolute Gasteiger partial charge is 0.341 e. The van der Waals surface area contributed by atoms with Crippen molar-refractivity contribution < 1.29 is 14.3 Å². The van der Waals surface area contributed by atoms with E-state index in [9.17, 15) is 9.59 Å². The van der Waals surface area contributed by atoms with E-state index in [1.807, 2.05) is 62.5 Å². The molecule has 0 fully saturated rings. The molecule has 0 radical (unpaired) electrons. The summed E-state index contributed by atoms with van der Waals surface area (Å²) in [5.41, 5.74) is 5.44. The van der Waals surface area contributed by atoms with Crippen molar-refractivity contribution in [3.05, 3.63) is 98.1 Å². The van der Waals surface area contributed by atoms with E-state index in [-0.39, 0.29) is 18.0 Å². The highest BCUT2D eigenvalue weighted by Crippen LogP contribution is 2.43. The molecule has 2 aromatic carbocycles. The molecule has 0 bridgehead atoms. The summed E-state index contributed by atoms with van der Waals surface area (Å²) in [5.74, 6) is -0.158. The lowest BCUT2D eigenvalue weighted by atomic mass is 9.83. The van der Waals surface area contributed by atoms with Gasteiger partial charge in [-0.2, -0.15) is 0 Å². The maximum absolute atomic E-state index is 13.6. The standard InChI is InChI=1S/C30H29NO3S2/c1-18(2)34-30(33)27-23-15-14-22(20-10-6-4-7-11-20)16-25(23)36-29(27)31-28(32)24-17-35-19(3)26(24)21-12-8-5-9-13-21/h4-13,17-18,22H,14-16H2,1-3H3,(H,31,32). The number of carbonyl (C=O) groups excluding carboxylic acids is 2. The highest BCUT2D eigenvalue weighted by Gasteiger charge is 2.32. The van der Waals surface area contributed by atoms with Gasteiger partial charge in [0.05, 0.1) is 17.2 Å². The Balaban J connectivity index is 1.49. The van der Waals surface area contributed by atoms with Gasteiger partial charge in [-0.3, -0.25) is 4.79 Å². The van der Waals surface area contributed by atoms with Crippen molar-refractivity contribution in [3.8, 4) is 11.1 Å². The first-order valence-corrected chi connectivity index (χ1v) is 14.0. The molecule has 5 rings (SSSR count). The number of anilines is 1. The zero-order chi connectivity index (χ0) is 25.2. The fraction of sp³-hybridized carbons (Fsp3) is 0.267. The number of carbonyl (C=O) groups is 2.